The molecule has 1 aromatic rings. The molecule has 0 atom stereocenters. The summed E-state index contributed by atoms with van der Waals surface area (Å²) in [4.78, 5) is 29.0. The lowest BCUT2D eigenvalue weighted by molar-refractivity contribution is -0.140. The average Bonchev–Trinajstić information content (AvgIpc) is 2.51. The van der Waals surface area contributed by atoms with Gasteiger partial charge in [-0.15, -0.1) is 0 Å². The summed E-state index contributed by atoms with van der Waals surface area (Å²) >= 11 is 0. The summed E-state index contributed by atoms with van der Waals surface area (Å²) < 4.78 is 0. The van der Waals surface area contributed by atoms with Crippen molar-refractivity contribution in [2.45, 2.75) is 55.0 Å². The van der Waals surface area contributed by atoms with Gasteiger partial charge in [0.1, 0.15) is 0 Å². The second-order valence-corrected chi connectivity index (χ2v) is 9.21. The Hall–Kier alpha value is -2.04. The van der Waals surface area contributed by atoms with Crippen LogP contribution < -0.4 is 10.2 Å². The maximum Gasteiger partial charge on any atom is 0.228 e. The van der Waals surface area contributed by atoms with E-state index in [9.17, 15) is 9.59 Å². The van der Waals surface area contributed by atoms with E-state index in [1.54, 1.807) is 0 Å². The Morgan fingerprint density at radius 2 is 1.67 bits per heavy atom. The highest BCUT2D eigenvalue weighted by Crippen LogP contribution is 2.27. The number of rotatable bonds is 7. The molecule has 5 nitrogen and oxygen atoms in total. The molecule has 1 N–H and O–H groups in total. The fraction of sp³-hybridized carbons (Fsp3) is 0.636. The van der Waals surface area contributed by atoms with Crippen molar-refractivity contribution in [1.29, 1.82) is 0 Å². The molecule has 0 fully saturated rings. The van der Waals surface area contributed by atoms with Gasteiger partial charge in [0.05, 0.1) is 0 Å². The quantitative estimate of drug-likeness (QED) is 0.769. The monoisotopic (exact) mass is 375 g/mol. The van der Waals surface area contributed by atoms with Crippen LogP contribution in [0.1, 0.15) is 54.0 Å². The van der Waals surface area contributed by atoms with Gasteiger partial charge in [-0.25, -0.2) is 0 Å². The number of hydrogen-bond donors (Lipinski definition) is 1. The highest BCUT2D eigenvalue weighted by atomic mass is 16.2. The lowest BCUT2D eigenvalue weighted by atomic mass is 9.93. The Morgan fingerprint density at radius 1 is 1.07 bits per heavy atom. The molecule has 0 aliphatic rings. The zero-order valence-corrected chi connectivity index (χ0v) is 18.5. The number of carbonyl (C=O) groups is 2. The third-order valence-corrected chi connectivity index (χ3v) is 4.23. The van der Waals surface area contributed by atoms with E-state index >= 15 is 0 Å². The van der Waals surface area contributed by atoms with Crippen LogP contribution in [0, 0.1) is 17.3 Å². The van der Waals surface area contributed by atoms with Crippen LogP contribution in [-0.2, 0) is 16.1 Å². The first-order valence-corrected chi connectivity index (χ1v) is 9.73. The van der Waals surface area contributed by atoms with Gasteiger partial charge in [-0.05, 0) is 29.7 Å². The fourth-order valence-electron chi connectivity index (χ4n) is 2.85. The summed E-state index contributed by atoms with van der Waals surface area (Å²) in [6.07, 6.45) is 0. The van der Waals surface area contributed by atoms with Crippen LogP contribution in [-0.4, -0.2) is 37.4 Å². The number of nitrogens with one attached hydrogen (secondary N) is 1. The Labute approximate surface area is 165 Å². The summed E-state index contributed by atoms with van der Waals surface area (Å²) in [5.74, 6) is 0.422. The van der Waals surface area contributed by atoms with E-state index in [1.807, 2.05) is 76.7 Å². The third kappa shape index (κ3) is 6.89. The van der Waals surface area contributed by atoms with Crippen LogP contribution in [0.2, 0.25) is 0 Å². The van der Waals surface area contributed by atoms with E-state index in [0.29, 0.717) is 19.0 Å². The molecule has 0 aromatic heterocycles. The van der Waals surface area contributed by atoms with Crippen molar-refractivity contribution in [1.82, 2.24) is 4.90 Å². The zero-order chi connectivity index (χ0) is 20.9. The van der Waals surface area contributed by atoms with E-state index in [4.69, 9.17) is 0 Å². The van der Waals surface area contributed by atoms with Crippen LogP contribution in [0.25, 0.3) is 0 Å². The average molecular weight is 376 g/mol. The molecule has 2 amide bonds. The maximum atomic E-state index is 13.0. The van der Waals surface area contributed by atoms with E-state index in [1.165, 1.54) is 0 Å². The van der Waals surface area contributed by atoms with Crippen LogP contribution in [0.5, 0.6) is 0 Å². The van der Waals surface area contributed by atoms with Gasteiger partial charge >= 0.3 is 0 Å². The van der Waals surface area contributed by atoms with Crippen molar-refractivity contribution < 1.29 is 9.59 Å². The third-order valence-electron chi connectivity index (χ3n) is 4.23. The lowest BCUT2D eigenvalue weighted by Gasteiger charge is -2.32. The van der Waals surface area contributed by atoms with Crippen LogP contribution in [0.4, 0.5) is 11.4 Å². The second kappa shape index (κ2) is 9.25. The van der Waals surface area contributed by atoms with Gasteiger partial charge < -0.3 is 15.1 Å². The van der Waals surface area contributed by atoms with Crippen molar-refractivity contribution in [3.63, 3.8) is 0 Å². The van der Waals surface area contributed by atoms with Gasteiger partial charge in [0, 0.05) is 49.9 Å². The summed E-state index contributed by atoms with van der Waals surface area (Å²) in [6, 6.07) is 5.90. The number of carbonyl (C=O) groups excluding carboxylic acids is 2. The lowest BCUT2D eigenvalue weighted by Crippen LogP contribution is -2.41. The van der Waals surface area contributed by atoms with Crippen molar-refractivity contribution in [3.8, 4) is 0 Å². The van der Waals surface area contributed by atoms with Gasteiger partial charge in [-0.1, -0.05) is 48.5 Å². The summed E-state index contributed by atoms with van der Waals surface area (Å²) in [6.45, 7) is 15.1. The molecule has 0 saturated heterocycles. The molecule has 1 rings (SSSR count). The summed E-state index contributed by atoms with van der Waals surface area (Å²) in [5.41, 5.74) is 2.41. The van der Waals surface area contributed by atoms with Crippen molar-refractivity contribution in [3.05, 3.63) is 23.8 Å². The Kier molecular flexibility index (Phi) is 7.88. The van der Waals surface area contributed by atoms with Crippen molar-refractivity contribution in [2.75, 3.05) is 30.9 Å². The number of anilines is 2. The van der Waals surface area contributed by atoms with E-state index in [-0.39, 0.29) is 17.7 Å². The molecule has 0 unspecified atom stereocenters. The molecule has 5 heteroatoms. The predicted molar refractivity (Wildman–Crippen MR) is 114 cm³/mol. The minimum absolute atomic E-state index is 0.0108. The smallest absolute Gasteiger partial charge is 0.228 e. The normalized spacial score (nSPS) is 11.7. The standard InChI is InChI=1S/C22H37N3O2/c1-15(2)13-25(21(27)22(5,6)7)14-17-12-18(23-20(26)16(3)4)10-11-19(17)24(8)9/h10-12,15-16H,13-14H2,1-9H3,(H,23,26). The van der Waals surface area contributed by atoms with Crippen molar-refractivity contribution in [2.24, 2.45) is 17.3 Å². The van der Waals surface area contributed by atoms with Gasteiger partial charge in [-0.2, -0.15) is 0 Å². The predicted octanol–water partition coefficient (Wildman–Crippen LogP) is 4.38. The molecular formula is C22H37N3O2. The van der Waals surface area contributed by atoms with Crippen molar-refractivity contribution >= 4 is 23.2 Å². The van der Waals surface area contributed by atoms with Crippen LogP contribution in [0.15, 0.2) is 18.2 Å². The largest absolute Gasteiger partial charge is 0.377 e. The first-order chi connectivity index (χ1) is 12.3. The van der Waals surface area contributed by atoms with E-state index in [0.717, 1.165) is 16.9 Å². The number of hydrogen-bond acceptors (Lipinski definition) is 3. The number of nitrogens with zero attached hydrogens (tertiary/aromatic N) is 2. The topological polar surface area (TPSA) is 52.7 Å². The van der Waals surface area contributed by atoms with Gasteiger partial charge in [-0.3, -0.25) is 9.59 Å². The number of benzene rings is 1. The molecule has 27 heavy (non-hydrogen) atoms. The molecule has 0 spiro atoms. The first kappa shape index (κ1) is 23.0. The molecule has 0 aliphatic heterocycles. The van der Waals surface area contributed by atoms with E-state index < -0.39 is 5.41 Å². The highest BCUT2D eigenvalue weighted by molar-refractivity contribution is 5.92. The maximum absolute atomic E-state index is 13.0. The highest BCUT2D eigenvalue weighted by Gasteiger charge is 2.28. The summed E-state index contributed by atoms with van der Waals surface area (Å²) in [7, 11) is 3.98. The van der Waals surface area contributed by atoms with Crippen LogP contribution >= 0.6 is 0 Å². The molecule has 152 valence electrons. The molecule has 1 aromatic carbocycles. The van der Waals surface area contributed by atoms with Gasteiger partial charge in [0.15, 0.2) is 0 Å². The first-order valence-electron chi connectivity index (χ1n) is 9.73. The zero-order valence-electron chi connectivity index (χ0n) is 18.5. The molecular weight excluding hydrogens is 338 g/mol. The summed E-state index contributed by atoms with van der Waals surface area (Å²) in [5, 5.41) is 2.96. The SMILES string of the molecule is CC(C)CN(Cc1cc(NC(=O)C(C)C)ccc1N(C)C)C(=O)C(C)(C)C. The number of amides is 2. The fourth-order valence-corrected chi connectivity index (χ4v) is 2.85. The van der Waals surface area contributed by atoms with Gasteiger partial charge in [0.25, 0.3) is 0 Å². The second-order valence-electron chi connectivity index (χ2n) is 9.21. The van der Waals surface area contributed by atoms with Gasteiger partial charge in [0.2, 0.25) is 11.8 Å². The molecule has 0 radical (unpaired) electrons. The minimum Gasteiger partial charge on any atom is -0.377 e. The Balaban J connectivity index is 3.25. The molecule has 0 saturated carbocycles. The molecule has 0 aliphatic carbocycles. The molecule has 0 bridgehead atoms. The van der Waals surface area contributed by atoms with Crippen LogP contribution in [0.3, 0.4) is 0 Å². The Morgan fingerprint density at radius 3 is 2.11 bits per heavy atom. The minimum atomic E-state index is -0.434. The van der Waals surface area contributed by atoms with E-state index in [2.05, 4.69) is 19.2 Å². The Bertz CT molecular complexity index is 658. The molecule has 0 heterocycles.